The Labute approximate surface area is 352 Å². The number of phosphoric ester groups is 1. The minimum atomic E-state index is -4.53. The molecule has 0 aliphatic carbocycles. The van der Waals surface area contributed by atoms with Crippen LogP contribution in [0.1, 0.15) is 194 Å². The first-order chi connectivity index (χ1) is 27.6. The number of allylic oxidation sites excluding steroid dienone is 8. The first kappa shape index (κ1) is 55.5. The molecule has 9 heteroatoms. The quantitative estimate of drug-likeness (QED) is 0.0199. The van der Waals surface area contributed by atoms with E-state index in [1.807, 2.05) is 21.1 Å². The van der Waals surface area contributed by atoms with Gasteiger partial charge in [-0.1, -0.05) is 184 Å². The number of rotatable bonds is 43. The van der Waals surface area contributed by atoms with Gasteiger partial charge >= 0.3 is 5.97 Å². The average Bonchev–Trinajstić information content (AvgIpc) is 3.16. The molecule has 0 rings (SSSR count). The third-order valence-corrected chi connectivity index (χ3v) is 10.9. The van der Waals surface area contributed by atoms with Gasteiger partial charge in [0.05, 0.1) is 34.4 Å². The molecule has 0 radical (unpaired) electrons. The maximum atomic E-state index is 12.7. The molecule has 0 amide bonds. The van der Waals surface area contributed by atoms with Crippen LogP contribution in [-0.2, 0) is 27.9 Å². The van der Waals surface area contributed by atoms with Gasteiger partial charge in [0.2, 0.25) is 0 Å². The van der Waals surface area contributed by atoms with Crippen LogP contribution in [0.25, 0.3) is 0 Å². The minimum absolute atomic E-state index is 0.0248. The van der Waals surface area contributed by atoms with Gasteiger partial charge < -0.3 is 27.9 Å². The van der Waals surface area contributed by atoms with Crippen molar-refractivity contribution >= 4 is 13.8 Å². The highest BCUT2D eigenvalue weighted by Gasteiger charge is 2.20. The van der Waals surface area contributed by atoms with E-state index in [1.165, 1.54) is 116 Å². The van der Waals surface area contributed by atoms with E-state index in [9.17, 15) is 14.3 Å². The zero-order chi connectivity index (χ0) is 42.0. The number of carbonyl (C=O) groups excluding carboxylic acids is 1. The number of unbranched alkanes of at least 4 members (excludes halogenated alkanes) is 21. The number of ether oxygens (including phenoxy) is 2. The van der Waals surface area contributed by atoms with Crippen LogP contribution in [-0.4, -0.2) is 70.7 Å². The SMILES string of the molecule is CC/C=C\C/C=C\C/C=C\C/C=C\CCCCCCCCCCCOCC(COP(=O)([O-])OCC[N+](C)(C)C)OC(=O)CCCCCCCCCCCCCCC. The van der Waals surface area contributed by atoms with Crippen molar-refractivity contribution in [3.05, 3.63) is 48.6 Å². The lowest BCUT2D eigenvalue weighted by Crippen LogP contribution is -2.37. The second kappa shape index (κ2) is 41.2. The molecule has 2 unspecified atom stereocenters. The van der Waals surface area contributed by atoms with Gasteiger partial charge in [-0.2, -0.15) is 0 Å². The normalized spacial score (nSPS) is 14.1. The van der Waals surface area contributed by atoms with Gasteiger partial charge in [-0.15, -0.1) is 0 Å². The molecule has 334 valence electrons. The molecular formula is C48H90NO7P. The summed E-state index contributed by atoms with van der Waals surface area (Å²) in [6, 6.07) is 0. The fourth-order valence-corrected chi connectivity index (χ4v) is 7.03. The number of hydrogen-bond donors (Lipinski definition) is 0. The third-order valence-electron chi connectivity index (χ3n) is 9.89. The Morgan fingerprint density at radius 2 is 1.02 bits per heavy atom. The number of phosphoric acid groups is 1. The standard InChI is InChI=1S/C48H90NO7P/c1-6-8-10-12-14-16-18-20-21-22-23-24-25-26-27-28-30-32-34-36-38-40-43-53-45-47(46-55-57(51,52)54-44-42-49(3,4)5)56-48(50)41-39-37-35-33-31-29-19-17-15-13-11-9-7-2/h8,10,14,16,20-21,23-24,47H,6-7,9,11-13,15,17-19,22,25-46H2,1-5H3/b10-8-,16-14-,21-20-,24-23-. The Bertz CT molecular complexity index is 1050. The van der Waals surface area contributed by atoms with E-state index < -0.39 is 13.9 Å². The summed E-state index contributed by atoms with van der Waals surface area (Å²) in [5.74, 6) is -0.336. The van der Waals surface area contributed by atoms with Gasteiger partial charge in [0.15, 0.2) is 0 Å². The Kier molecular flexibility index (Phi) is 40.1. The van der Waals surface area contributed by atoms with Crippen LogP contribution in [0.2, 0.25) is 0 Å². The van der Waals surface area contributed by atoms with E-state index >= 15 is 0 Å². The van der Waals surface area contributed by atoms with Crippen molar-refractivity contribution in [2.24, 2.45) is 0 Å². The summed E-state index contributed by atoms with van der Waals surface area (Å²) in [7, 11) is 1.35. The lowest BCUT2D eigenvalue weighted by Gasteiger charge is -2.28. The van der Waals surface area contributed by atoms with E-state index in [-0.39, 0.29) is 25.8 Å². The zero-order valence-electron chi connectivity index (χ0n) is 37.8. The Morgan fingerprint density at radius 3 is 1.53 bits per heavy atom. The van der Waals surface area contributed by atoms with Crippen molar-refractivity contribution < 1.29 is 37.3 Å². The van der Waals surface area contributed by atoms with Gasteiger partial charge in [-0.3, -0.25) is 9.36 Å². The van der Waals surface area contributed by atoms with Crippen molar-refractivity contribution in [1.82, 2.24) is 0 Å². The Balaban J connectivity index is 4.16. The highest BCUT2D eigenvalue weighted by molar-refractivity contribution is 7.45. The fourth-order valence-electron chi connectivity index (χ4n) is 6.30. The molecule has 0 aromatic heterocycles. The molecule has 57 heavy (non-hydrogen) atoms. The first-order valence-corrected chi connectivity index (χ1v) is 24.8. The van der Waals surface area contributed by atoms with Crippen molar-refractivity contribution in [3.8, 4) is 0 Å². The van der Waals surface area contributed by atoms with Crippen molar-refractivity contribution in [2.75, 3.05) is 54.1 Å². The topological polar surface area (TPSA) is 94.1 Å². The van der Waals surface area contributed by atoms with E-state index in [0.29, 0.717) is 24.1 Å². The largest absolute Gasteiger partial charge is 0.756 e. The summed E-state index contributed by atoms with van der Waals surface area (Å²) >= 11 is 0. The van der Waals surface area contributed by atoms with Crippen LogP contribution in [0, 0.1) is 0 Å². The highest BCUT2D eigenvalue weighted by atomic mass is 31.2. The lowest BCUT2D eigenvalue weighted by molar-refractivity contribution is -0.870. The second-order valence-corrected chi connectivity index (χ2v) is 18.2. The van der Waals surface area contributed by atoms with Gasteiger partial charge in [0, 0.05) is 13.0 Å². The molecule has 0 saturated heterocycles. The van der Waals surface area contributed by atoms with Crippen LogP contribution in [0.3, 0.4) is 0 Å². The highest BCUT2D eigenvalue weighted by Crippen LogP contribution is 2.38. The molecule has 0 aliphatic rings. The molecule has 0 aromatic rings. The minimum Gasteiger partial charge on any atom is -0.756 e. The molecular weight excluding hydrogens is 734 g/mol. The molecule has 0 spiro atoms. The average molecular weight is 824 g/mol. The van der Waals surface area contributed by atoms with Gasteiger partial charge in [-0.05, 0) is 51.4 Å². The number of nitrogens with zero attached hydrogens (tertiary/aromatic N) is 1. The molecule has 2 atom stereocenters. The smallest absolute Gasteiger partial charge is 0.306 e. The molecule has 0 N–H and O–H groups in total. The summed E-state index contributed by atoms with van der Waals surface area (Å²) in [5.41, 5.74) is 0. The third kappa shape index (κ3) is 45.4. The monoisotopic (exact) mass is 824 g/mol. The predicted molar refractivity (Wildman–Crippen MR) is 240 cm³/mol. The summed E-state index contributed by atoms with van der Waals surface area (Å²) < 4.78 is 34.6. The fraction of sp³-hybridized carbons (Fsp3) is 0.812. The Morgan fingerprint density at radius 1 is 0.561 bits per heavy atom. The molecule has 0 aromatic carbocycles. The molecule has 0 aliphatic heterocycles. The summed E-state index contributed by atoms with van der Waals surface area (Å²) in [6.45, 7) is 5.30. The van der Waals surface area contributed by atoms with Crippen LogP contribution in [0.4, 0.5) is 0 Å². The van der Waals surface area contributed by atoms with Gasteiger partial charge in [-0.25, -0.2) is 0 Å². The number of likely N-dealkylation sites (N-methyl/N-ethyl adjacent to an activating group) is 1. The zero-order valence-corrected chi connectivity index (χ0v) is 38.7. The lowest BCUT2D eigenvalue weighted by atomic mass is 10.0. The van der Waals surface area contributed by atoms with Crippen molar-refractivity contribution in [2.45, 2.75) is 200 Å². The molecule has 0 saturated carbocycles. The molecule has 0 bridgehead atoms. The second-order valence-electron chi connectivity index (χ2n) is 16.7. The van der Waals surface area contributed by atoms with Crippen LogP contribution >= 0.6 is 7.82 Å². The molecule has 8 nitrogen and oxygen atoms in total. The first-order valence-electron chi connectivity index (χ1n) is 23.4. The number of carbonyl (C=O) groups is 1. The van der Waals surface area contributed by atoms with E-state index in [0.717, 1.165) is 57.8 Å². The van der Waals surface area contributed by atoms with Crippen molar-refractivity contribution in [1.29, 1.82) is 0 Å². The van der Waals surface area contributed by atoms with Gasteiger partial charge in [0.1, 0.15) is 19.3 Å². The number of esters is 1. The number of hydrogen-bond acceptors (Lipinski definition) is 7. The van der Waals surface area contributed by atoms with E-state index in [2.05, 4.69) is 62.5 Å². The van der Waals surface area contributed by atoms with Crippen molar-refractivity contribution in [3.63, 3.8) is 0 Å². The predicted octanol–water partition coefficient (Wildman–Crippen LogP) is 13.3. The van der Waals surface area contributed by atoms with Gasteiger partial charge in [0.25, 0.3) is 7.82 Å². The maximum Gasteiger partial charge on any atom is 0.306 e. The van der Waals surface area contributed by atoms with E-state index in [1.54, 1.807) is 0 Å². The molecule has 0 fully saturated rings. The van der Waals surface area contributed by atoms with Crippen LogP contribution in [0.15, 0.2) is 48.6 Å². The summed E-state index contributed by atoms with van der Waals surface area (Å²) in [5, 5.41) is 0. The van der Waals surface area contributed by atoms with Crippen LogP contribution < -0.4 is 4.89 Å². The maximum absolute atomic E-state index is 12.7. The molecule has 0 heterocycles. The number of quaternary nitrogens is 1. The Hall–Kier alpha value is -1.54. The van der Waals surface area contributed by atoms with E-state index in [4.69, 9.17) is 18.5 Å². The van der Waals surface area contributed by atoms with Crippen LogP contribution in [0.5, 0.6) is 0 Å². The summed E-state index contributed by atoms with van der Waals surface area (Å²) in [6.07, 6.45) is 49.8. The summed E-state index contributed by atoms with van der Waals surface area (Å²) in [4.78, 5) is 25.1.